The first-order chi connectivity index (χ1) is 11.8. The van der Waals surface area contributed by atoms with Crippen LogP contribution in [0.3, 0.4) is 0 Å². The molecule has 0 heterocycles. The molecule has 0 fully saturated rings. The number of aryl methyl sites for hydroxylation is 1. The molecule has 1 amide bonds. The molecular formula is C16H12Cl2N2O5. The molecule has 2 aromatic rings. The summed E-state index contributed by atoms with van der Waals surface area (Å²) in [5.41, 5.74) is -0.0170. The molecule has 0 spiro atoms. The Labute approximate surface area is 152 Å². The molecular weight excluding hydrogens is 371 g/mol. The number of nitro benzene ring substituents is 1. The standard InChI is InChI=1S/C16H12Cl2N2O5/c17-11-4-1-9(12(18)8-11)3-6-15(21)19-13-7-10(16(22)23)2-5-14(13)20(24)25/h1-2,4-5,7-8H,3,6H2,(H,19,21)(H,22,23). The number of hydrogen-bond acceptors (Lipinski definition) is 4. The van der Waals surface area contributed by atoms with Gasteiger partial charge in [-0.25, -0.2) is 4.79 Å². The summed E-state index contributed by atoms with van der Waals surface area (Å²) in [5, 5.41) is 23.2. The summed E-state index contributed by atoms with van der Waals surface area (Å²) in [6.07, 6.45) is 0.310. The van der Waals surface area contributed by atoms with Crippen LogP contribution in [0.4, 0.5) is 11.4 Å². The van der Waals surface area contributed by atoms with Crippen molar-refractivity contribution in [3.8, 4) is 0 Å². The van der Waals surface area contributed by atoms with Gasteiger partial charge in [-0.1, -0.05) is 29.3 Å². The summed E-state index contributed by atoms with van der Waals surface area (Å²) in [5.74, 6) is -1.75. The smallest absolute Gasteiger partial charge is 0.335 e. The molecule has 130 valence electrons. The number of nitrogens with one attached hydrogen (secondary N) is 1. The summed E-state index contributed by atoms with van der Waals surface area (Å²) < 4.78 is 0. The highest BCUT2D eigenvalue weighted by Gasteiger charge is 2.18. The Morgan fingerprint density at radius 3 is 2.48 bits per heavy atom. The predicted octanol–water partition coefficient (Wildman–Crippen LogP) is 4.17. The first-order valence-electron chi connectivity index (χ1n) is 7.03. The van der Waals surface area contributed by atoms with Crippen molar-refractivity contribution in [3.63, 3.8) is 0 Å². The molecule has 0 saturated heterocycles. The number of halogens is 2. The molecule has 0 aromatic heterocycles. The van der Waals surface area contributed by atoms with Gasteiger partial charge in [-0.05, 0) is 36.2 Å². The molecule has 0 aliphatic rings. The molecule has 0 aliphatic heterocycles. The highest BCUT2D eigenvalue weighted by molar-refractivity contribution is 6.35. The van der Waals surface area contributed by atoms with E-state index in [2.05, 4.69) is 5.32 Å². The van der Waals surface area contributed by atoms with Gasteiger partial charge in [-0.15, -0.1) is 0 Å². The molecule has 2 rings (SSSR count). The van der Waals surface area contributed by atoms with E-state index < -0.39 is 16.8 Å². The number of hydrogen-bond donors (Lipinski definition) is 2. The van der Waals surface area contributed by atoms with Crippen molar-refractivity contribution < 1.29 is 19.6 Å². The second kappa shape index (κ2) is 7.96. The number of rotatable bonds is 6. The zero-order valence-corrected chi connectivity index (χ0v) is 14.2. The number of nitro groups is 1. The fourth-order valence-electron chi connectivity index (χ4n) is 2.11. The van der Waals surface area contributed by atoms with E-state index in [9.17, 15) is 19.7 Å². The number of amides is 1. The number of carbonyl (C=O) groups excluding carboxylic acids is 1. The van der Waals surface area contributed by atoms with Crippen molar-refractivity contribution in [3.05, 3.63) is 67.7 Å². The number of carboxylic acid groups (broad SMARTS) is 1. The minimum Gasteiger partial charge on any atom is -0.478 e. The maximum Gasteiger partial charge on any atom is 0.335 e. The van der Waals surface area contributed by atoms with Crippen molar-refractivity contribution in [2.45, 2.75) is 12.8 Å². The molecule has 2 N–H and O–H groups in total. The number of nitrogens with zero attached hydrogens (tertiary/aromatic N) is 1. The fourth-order valence-corrected chi connectivity index (χ4v) is 2.62. The van der Waals surface area contributed by atoms with Crippen LogP contribution < -0.4 is 5.32 Å². The molecule has 0 unspecified atom stereocenters. The van der Waals surface area contributed by atoms with Crippen LogP contribution in [0.1, 0.15) is 22.3 Å². The van der Waals surface area contributed by atoms with E-state index in [-0.39, 0.29) is 23.4 Å². The Bertz CT molecular complexity index is 854. The van der Waals surface area contributed by atoms with Crippen molar-refractivity contribution in [1.29, 1.82) is 0 Å². The lowest BCUT2D eigenvalue weighted by Gasteiger charge is -2.08. The van der Waals surface area contributed by atoms with Gasteiger partial charge < -0.3 is 10.4 Å². The minimum atomic E-state index is -1.25. The summed E-state index contributed by atoms with van der Waals surface area (Å²) in [6, 6.07) is 8.07. The van der Waals surface area contributed by atoms with Crippen LogP contribution in [-0.2, 0) is 11.2 Å². The van der Waals surface area contributed by atoms with Gasteiger partial charge in [0.05, 0.1) is 10.5 Å². The fraction of sp³-hybridized carbons (Fsp3) is 0.125. The topological polar surface area (TPSA) is 110 Å². The summed E-state index contributed by atoms with van der Waals surface area (Å²) >= 11 is 11.8. The van der Waals surface area contributed by atoms with Gasteiger partial charge in [0.1, 0.15) is 5.69 Å². The van der Waals surface area contributed by atoms with E-state index in [4.69, 9.17) is 28.3 Å². The third-order valence-electron chi connectivity index (χ3n) is 3.35. The lowest BCUT2D eigenvalue weighted by molar-refractivity contribution is -0.383. The van der Waals surface area contributed by atoms with Crippen LogP contribution in [0, 0.1) is 10.1 Å². The van der Waals surface area contributed by atoms with E-state index in [1.807, 2.05) is 0 Å². The number of anilines is 1. The van der Waals surface area contributed by atoms with Crippen molar-refractivity contribution in [2.24, 2.45) is 0 Å². The Morgan fingerprint density at radius 2 is 1.88 bits per heavy atom. The Hall–Kier alpha value is -2.64. The molecule has 7 nitrogen and oxygen atoms in total. The first kappa shape index (κ1) is 18.7. The highest BCUT2D eigenvalue weighted by Crippen LogP contribution is 2.26. The number of benzene rings is 2. The van der Waals surface area contributed by atoms with Crippen LogP contribution in [-0.4, -0.2) is 21.9 Å². The van der Waals surface area contributed by atoms with Gasteiger partial charge in [-0.2, -0.15) is 0 Å². The maximum atomic E-state index is 12.1. The van der Waals surface area contributed by atoms with Gasteiger partial charge in [0, 0.05) is 22.5 Å². The van der Waals surface area contributed by atoms with Gasteiger partial charge >= 0.3 is 5.97 Å². The van der Waals surface area contributed by atoms with Gasteiger partial charge in [0.2, 0.25) is 5.91 Å². The molecule has 0 bridgehead atoms. The van der Waals surface area contributed by atoms with Crippen molar-refractivity contribution in [1.82, 2.24) is 0 Å². The van der Waals surface area contributed by atoms with Crippen LogP contribution in [0.2, 0.25) is 10.0 Å². The zero-order valence-electron chi connectivity index (χ0n) is 12.7. The number of carboxylic acids is 1. The van der Waals surface area contributed by atoms with Crippen LogP contribution in [0.25, 0.3) is 0 Å². The average Bonchev–Trinajstić information content (AvgIpc) is 2.53. The summed E-state index contributed by atoms with van der Waals surface area (Å²) in [7, 11) is 0. The van der Waals surface area contributed by atoms with Crippen LogP contribution >= 0.6 is 23.2 Å². The van der Waals surface area contributed by atoms with E-state index in [1.165, 1.54) is 0 Å². The lowest BCUT2D eigenvalue weighted by Crippen LogP contribution is -2.14. The molecule has 9 heteroatoms. The molecule has 0 atom stereocenters. The Kier molecular flexibility index (Phi) is 5.95. The van der Waals surface area contributed by atoms with Crippen molar-refractivity contribution in [2.75, 3.05) is 5.32 Å². The Balaban J connectivity index is 2.12. The monoisotopic (exact) mass is 382 g/mol. The molecule has 0 radical (unpaired) electrons. The lowest BCUT2D eigenvalue weighted by atomic mass is 10.1. The van der Waals surface area contributed by atoms with Crippen molar-refractivity contribution >= 4 is 46.5 Å². The van der Waals surface area contributed by atoms with E-state index in [1.54, 1.807) is 18.2 Å². The Morgan fingerprint density at radius 1 is 1.16 bits per heavy atom. The second-order valence-electron chi connectivity index (χ2n) is 5.08. The van der Waals surface area contributed by atoms with Gasteiger partial charge in [-0.3, -0.25) is 14.9 Å². The first-order valence-corrected chi connectivity index (χ1v) is 7.79. The molecule has 0 aliphatic carbocycles. The second-order valence-corrected chi connectivity index (χ2v) is 5.92. The van der Waals surface area contributed by atoms with Gasteiger partial charge in [0.25, 0.3) is 5.69 Å². The van der Waals surface area contributed by atoms with E-state index in [0.717, 1.165) is 18.2 Å². The third kappa shape index (κ3) is 4.91. The van der Waals surface area contributed by atoms with Crippen LogP contribution in [0.5, 0.6) is 0 Å². The SMILES string of the molecule is O=C(CCc1ccc(Cl)cc1Cl)Nc1cc(C(=O)O)ccc1[N+](=O)[O-]. The van der Waals surface area contributed by atoms with E-state index >= 15 is 0 Å². The largest absolute Gasteiger partial charge is 0.478 e. The molecule has 2 aromatic carbocycles. The number of aromatic carboxylic acids is 1. The quantitative estimate of drug-likeness (QED) is 0.575. The predicted molar refractivity (Wildman–Crippen MR) is 93.5 cm³/mol. The zero-order chi connectivity index (χ0) is 18.6. The average molecular weight is 383 g/mol. The highest BCUT2D eigenvalue weighted by atomic mass is 35.5. The van der Waals surface area contributed by atoms with E-state index in [0.29, 0.717) is 22.0 Å². The molecule has 25 heavy (non-hydrogen) atoms. The normalized spacial score (nSPS) is 10.3. The molecule has 0 saturated carbocycles. The van der Waals surface area contributed by atoms with Crippen LogP contribution in [0.15, 0.2) is 36.4 Å². The summed E-state index contributed by atoms with van der Waals surface area (Å²) in [6.45, 7) is 0. The minimum absolute atomic E-state index is 0.00973. The maximum absolute atomic E-state index is 12.1. The third-order valence-corrected chi connectivity index (χ3v) is 3.94. The van der Waals surface area contributed by atoms with Gasteiger partial charge in [0.15, 0.2) is 0 Å². The summed E-state index contributed by atoms with van der Waals surface area (Å²) in [4.78, 5) is 33.4. The number of carbonyl (C=O) groups is 2.